The molecule has 1 heterocycles. The number of hydrogen-bond donors (Lipinski definition) is 1. The predicted molar refractivity (Wildman–Crippen MR) is 86.6 cm³/mol. The van der Waals surface area contributed by atoms with E-state index >= 15 is 0 Å². The highest BCUT2D eigenvalue weighted by Gasteiger charge is 2.36. The molecule has 1 aliphatic carbocycles. The van der Waals surface area contributed by atoms with E-state index in [9.17, 15) is 0 Å². The molecule has 3 heteroatoms. The molecular weight excluding hydrogens is 260 g/mol. The summed E-state index contributed by atoms with van der Waals surface area (Å²) in [5, 5.41) is 3.60. The summed E-state index contributed by atoms with van der Waals surface area (Å²) in [5.41, 5.74) is 3.02. The standard InChI is InChI=1S/C18H28N2O/c1-13-12-21-14(2)11-20(13)17-10-6-8-15-7-4-5-9-16(15)18(17)19-3/h4-5,7,9,13-14,17-19H,6,8,10-12H2,1-3H3. The second kappa shape index (κ2) is 6.47. The van der Waals surface area contributed by atoms with Crippen LogP contribution in [-0.2, 0) is 11.2 Å². The fourth-order valence-electron chi connectivity index (χ4n) is 4.04. The Balaban J connectivity index is 1.90. The number of morpholine rings is 1. The van der Waals surface area contributed by atoms with Gasteiger partial charge in [0, 0.05) is 24.7 Å². The van der Waals surface area contributed by atoms with Gasteiger partial charge in [0.25, 0.3) is 0 Å². The molecule has 1 fully saturated rings. The number of aryl methyl sites for hydroxylation is 1. The summed E-state index contributed by atoms with van der Waals surface area (Å²) >= 11 is 0. The Morgan fingerprint density at radius 3 is 2.86 bits per heavy atom. The van der Waals surface area contributed by atoms with E-state index in [0.29, 0.717) is 24.2 Å². The molecule has 0 amide bonds. The fraction of sp³-hybridized carbons (Fsp3) is 0.667. The van der Waals surface area contributed by atoms with Crippen LogP contribution in [0, 0.1) is 0 Å². The zero-order valence-corrected chi connectivity index (χ0v) is 13.5. The average molecular weight is 288 g/mol. The molecule has 0 spiro atoms. The van der Waals surface area contributed by atoms with Crippen molar-refractivity contribution in [3.8, 4) is 0 Å². The number of ether oxygens (including phenoxy) is 1. The van der Waals surface area contributed by atoms with E-state index in [1.165, 1.54) is 30.4 Å². The Hall–Kier alpha value is -0.900. The zero-order valence-electron chi connectivity index (χ0n) is 13.5. The van der Waals surface area contributed by atoms with Crippen molar-refractivity contribution in [1.29, 1.82) is 0 Å². The maximum atomic E-state index is 5.82. The molecule has 0 aromatic heterocycles. The van der Waals surface area contributed by atoms with Crippen LogP contribution < -0.4 is 5.32 Å². The molecule has 0 radical (unpaired) electrons. The normalized spacial score (nSPS) is 34.2. The Kier molecular flexibility index (Phi) is 4.63. The van der Waals surface area contributed by atoms with E-state index in [-0.39, 0.29) is 0 Å². The van der Waals surface area contributed by atoms with Crippen molar-refractivity contribution >= 4 is 0 Å². The van der Waals surface area contributed by atoms with Crippen LogP contribution in [-0.4, -0.2) is 43.3 Å². The van der Waals surface area contributed by atoms with Gasteiger partial charge < -0.3 is 10.1 Å². The van der Waals surface area contributed by atoms with E-state index in [4.69, 9.17) is 4.74 Å². The Bertz CT molecular complexity index is 476. The number of fused-ring (bicyclic) bond motifs is 1. The molecule has 2 aliphatic rings. The molecule has 4 atom stereocenters. The van der Waals surface area contributed by atoms with E-state index in [2.05, 4.69) is 55.4 Å². The maximum absolute atomic E-state index is 5.82. The van der Waals surface area contributed by atoms with Crippen LogP contribution in [0.3, 0.4) is 0 Å². The minimum Gasteiger partial charge on any atom is -0.376 e. The first-order valence-electron chi connectivity index (χ1n) is 8.33. The monoisotopic (exact) mass is 288 g/mol. The number of benzene rings is 1. The number of nitrogens with zero attached hydrogens (tertiary/aromatic N) is 1. The summed E-state index contributed by atoms with van der Waals surface area (Å²) in [6.07, 6.45) is 4.09. The van der Waals surface area contributed by atoms with Gasteiger partial charge in [-0.2, -0.15) is 0 Å². The second-order valence-corrected chi connectivity index (χ2v) is 6.61. The van der Waals surface area contributed by atoms with Gasteiger partial charge >= 0.3 is 0 Å². The van der Waals surface area contributed by atoms with Gasteiger partial charge in [-0.15, -0.1) is 0 Å². The zero-order chi connectivity index (χ0) is 14.8. The highest BCUT2D eigenvalue weighted by molar-refractivity contribution is 5.32. The van der Waals surface area contributed by atoms with Gasteiger partial charge in [0.05, 0.1) is 12.7 Å². The third-order valence-corrected chi connectivity index (χ3v) is 5.11. The predicted octanol–water partition coefficient (Wildman–Crippen LogP) is 2.76. The van der Waals surface area contributed by atoms with E-state index < -0.39 is 0 Å². The molecule has 21 heavy (non-hydrogen) atoms. The molecule has 4 unspecified atom stereocenters. The highest BCUT2D eigenvalue weighted by atomic mass is 16.5. The molecule has 3 rings (SSSR count). The van der Waals surface area contributed by atoms with Crippen molar-refractivity contribution in [3.05, 3.63) is 35.4 Å². The van der Waals surface area contributed by atoms with E-state index in [0.717, 1.165) is 13.2 Å². The lowest BCUT2D eigenvalue weighted by atomic mass is 9.93. The molecular formula is C18H28N2O. The first kappa shape index (κ1) is 15.0. The van der Waals surface area contributed by atoms with Gasteiger partial charge in [-0.25, -0.2) is 0 Å². The summed E-state index contributed by atoms with van der Waals surface area (Å²) in [6.45, 7) is 6.40. The number of nitrogens with one attached hydrogen (secondary N) is 1. The van der Waals surface area contributed by atoms with Gasteiger partial charge in [-0.3, -0.25) is 4.90 Å². The minimum atomic E-state index is 0.345. The number of hydrogen-bond acceptors (Lipinski definition) is 3. The van der Waals surface area contributed by atoms with Crippen molar-refractivity contribution in [2.75, 3.05) is 20.2 Å². The van der Waals surface area contributed by atoms with Crippen molar-refractivity contribution in [2.24, 2.45) is 0 Å². The molecule has 1 aromatic rings. The largest absolute Gasteiger partial charge is 0.376 e. The second-order valence-electron chi connectivity index (χ2n) is 6.61. The highest BCUT2D eigenvalue weighted by Crippen LogP contribution is 2.33. The molecule has 1 aromatic carbocycles. The van der Waals surface area contributed by atoms with Crippen LogP contribution in [0.2, 0.25) is 0 Å². The third-order valence-electron chi connectivity index (χ3n) is 5.11. The quantitative estimate of drug-likeness (QED) is 0.847. The van der Waals surface area contributed by atoms with Crippen molar-refractivity contribution in [2.45, 2.75) is 57.3 Å². The Labute approximate surface area is 128 Å². The lowest BCUT2D eigenvalue weighted by Crippen LogP contribution is -2.55. The lowest BCUT2D eigenvalue weighted by Gasteiger charge is -2.44. The van der Waals surface area contributed by atoms with Gasteiger partial charge in [-0.05, 0) is 51.3 Å². The lowest BCUT2D eigenvalue weighted by molar-refractivity contribution is -0.0725. The number of rotatable bonds is 2. The van der Waals surface area contributed by atoms with Crippen LogP contribution in [0.5, 0.6) is 0 Å². The first-order valence-corrected chi connectivity index (χ1v) is 8.33. The topological polar surface area (TPSA) is 24.5 Å². The molecule has 0 saturated carbocycles. The smallest absolute Gasteiger partial charge is 0.0674 e. The van der Waals surface area contributed by atoms with Crippen LogP contribution in [0.4, 0.5) is 0 Å². The van der Waals surface area contributed by atoms with Crippen LogP contribution in [0.1, 0.15) is 43.9 Å². The molecule has 0 bridgehead atoms. The molecule has 1 N–H and O–H groups in total. The molecule has 1 saturated heterocycles. The fourth-order valence-corrected chi connectivity index (χ4v) is 4.04. The van der Waals surface area contributed by atoms with E-state index in [1.54, 1.807) is 0 Å². The van der Waals surface area contributed by atoms with Crippen LogP contribution >= 0.6 is 0 Å². The van der Waals surface area contributed by atoms with Crippen molar-refractivity contribution in [1.82, 2.24) is 10.2 Å². The summed E-state index contributed by atoms with van der Waals surface area (Å²) < 4.78 is 5.82. The van der Waals surface area contributed by atoms with Crippen LogP contribution in [0.25, 0.3) is 0 Å². The van der Waals surface area contributed by atoms with Crippen molar-refractivity contribution in [3.63, 3.8) is 0 Å². The first-order chi connectivity index (χ1) is 10.2. The van der Waals surface area contributed by atoms with Gasteiger partial charge in [0.15, 0.2) is 0 Å². The Morgan fingerprint density at radius 2 is 2.05 bits per heavy atom. The summed E-state index contributed by atoms with van der Waals surface area (Å²) in [4.78, 5) is 2.68. The van der Waals surface area contributed by atoms with Gasteiger partial charge in [-0.1, -0.05) is 24.3 Å². The van der Waals surface area contributed by atoms with Crippen molar-refractivity contribution < 1.29 is 4.74 Å². The summed E-state index contributed by atoms with van der Waals surface area (Å²) in [7, 11) is 2.11. The SMILES string of the molecule is CNC1c2ccccc2CCCC1N1CC(C)OCC1C. The molecule has 116 valence electrons. The third kappa shape index (κ3) is 3.01. The maximum Gasteiger partial charge on any atom is 0.0674 e. The van der Waals surface area contributed by atoms with Gasteiger partial charge in [0.2, 0.25) is 0 Å². The average Bonchev–Trinajstić information content (AvgIpc) is 2.68. The van der Waals surface area contributed by atoms with Crippen LogP contribution in [0.15, 0.2) is 24.3 Å². The molecule has 1 aliphatic heterocycles. The summed E-state index contributed by atoms with van der Waals surface area (Å²) in [5.74, 6) is 0. The minimum absolute atomic E-state index is 0.345. The number of likely N-dealkylation sites (N-methyl/N-ethyl adjacent to an activating group) is 1. The summed E-state index contributed by atoms with van der Waals surface area (Å²) in [6, 6.07) is 10.5. The Morgan fingerprint density at radius 1 is 1.24 bits per heavy atom. The molecule has 3 nitrogen and oxygen atoms in total. The van der Waals surface area contributed by atoms with E-state index in [1.807, 2.05) is 0 Å². The van der Waals surface area contributed by atoms with Gasteiger partial charge in [0.1, 0.15) is 0 Å².